The fourth-order valence-corrected chi connectivity index (χ4v) is 6.13. The second-order valence-electron chi connectivity index (χ2n) is 9.42. The van der Waals surface area contributed by atoms with Crippen molar-refractivity contribution in [2.24, 2.45) is 11.8 Å². The number of aryl methyl sites for hydroxylation is 1. The number of nitrogens with one attached hydrogen (secondary N) is 1. The number of nitrogens with zero attached hydrogens (tertiary/aromatic N) is 2. The molecule has 166 valence electrons. The minimum absolute atomic E-state index is 0.00652. The monoisotopic (exact) mass is 459 g/mol. The first kappa shape index (κ1) is 22.2. The van der Waals surface area contributed by atoms with Gasteiger partial charge in [0.2, 0.25) is 5.91 Å². The van der Waals surface area contributed by atoms with Gasteiger partial charge in [0.05, 0.1) is 16.1 Å². The molecule has 1 aliphatic carbocycles. The van der Waals surface area contributed by atoms with Crippen molar-refractivity contribution in [2.45, 2.75) is 46.6 Å². The van der Waals surface area contributed by atoms with Crippen molar-refractivity contribution < 1.29 is 14.2 Å². The van der Waals surface area contributed by atoms with Gasteiger partial charge in [0.1, 0.15) is 7.14 Å². The summed E-state index contributed by atoms with van der Waals surface area (Å²) in [6.07, 6.45) is 3.58. The molecule has 2 aromatic rings. The molecule has 0 radical (unpaired) electrons. The Hall–Kier alpha value is -1.98. The quantitative estimate of drug-likeness (QED) is 0.608. The number of carbonyl (C=O) groups is 2. The number of hydrogen-bond acceptors (Lipinski definition) is 5. The van der Waals surface area contributed by atoms with Gasteiger partial charge in [-0.3, -0.25) is 9.59 Å². The van der Waals surface area contributed by atoms with Gasteiger partial charge in [-0.15, -0.1) is 0 Å². The van der Waals surface area contributed by atoms with E-state index in [2.05, 4.69) is 10.3 Å². The molecule has 31 heavy (non-hydrogen) atoms. The molecule has 1 aromatic heterocycles. The number of thiazole rings is 1. The molecule has 0 bridgehead atoms. The number of anilines is 1. The lowest BCUT2D eigenvalue weighted by Gasteiger charge is -2.16. The van der Waals surface area contributed by atoms with Gasteiger partial charge in [0, 0.05) is 24.3 Å². The number of benzene rings is 1. The lowest BCUT2D eigenvalue weighted by molar-refractivity contribution is -0.118. The van der Waals surface area contributed by atoms with E-state index in [1.54, 1.807) is 13.3 Å². The van der Waals surface area contributed by atoms with Crippen molar-refractivity contribution in [2.75, 3.05) is 25.2 Å². The molecule has 1 aliphatic heterocycles. The Morgan fingerprint density at radius 1 is 1.32 bits per heavy atom. The van der Waals surface area contributed by atoms with E-state index >= 15 is 0 Å². The number of fused-ring (bicyclic) bond motifs is 1. The molecule has 8 heteroatoms. The summed E-state index contributed by atoms with van der Waals surface area (Å²) in [4.78, 5) is 32.6. The van der Waals surface area contributed by atoms with E-state index in [4.69, 9.17) is 0 Å². The number of aromatic nitrogens is 1. The van der Waals surface area contributed by atoms with Crippen LogP contribution in [0.4, 0.5) is 5.13 Å². The van der Waals surface area contributed by atoms with Crippen LogP contribution in [0.3, 0.4) is 0 Å². The summed E-state index contributed by atoms with van der Waals surface area (Å²) in [5, 5.41) is 4.08. The fraction of sp³-hybridized carbons (Fsp3) is 0.522. The van der Waals surface area contributed by atoms with Gasteiger partial charge >= 0.3 is 0 Å². The molecule has 0 unspecified atom stereocenters. The Bertz CT molecular complexity index is 1100. The summed E-state index contributed by atoms with van der Waals surface area (Å²) >= 11 is 1.42. The van der Waals surface area contributed by atoms with Gasteiger partial charge in [0.15, 0.2) is 5.13 Å². The maximum absolute atomic E-state index is 13.2. The Labute approximate surface area is 187 Å². The number of carbonyl (C=O) groups excluding carboxylic acids is 2. The minimum Gasteiger partial charge on any atom is -0.334 e. The van der Waals surface area contributed by atoms with Crippen LogP contribution < -0.4 is 10.6 Å². The largest absolute Gasteiger partial charge is 0.334 e. The molecule has 2 heterocycles. The molecular weight excluding hydrogens is 429 g/mol. The molecule has 2 amide bonds. The second kappa shape index (κ2) is 8.18. The first-order valence-electron chi connectivity index (χ1n) is 10.8. The van der Waals surface area contributed by atoms with Crippen LogP contribution in [0.5, 0.6) is 0 Å². The van der Waals surface area contributed by atoms with Crippen LogP contribution in [0.25, 0.3) is 10.4 Å². The molecule has 1 saturated carbocycles. The Morgan fingerprint density at radius 2 is 2.03 bits per heavy atom. The number of rotatable bonds is 7. The minimum atomic E-state index is -2.67. The summed E-state index contributed by atoms with van der Waals surface area (Å²) in [5.41, 5.74) is 3.29. The van der Waals surface area contributed by atoms with Crippen LogP contribution in [-0.2, 0) is 15.9 Å². The molecule has 1 N–H and O–H groups in total. The van der Waals surface area contributed by atoms with Gasteiger partial charge in [-0.25, -0.2) is 4.98 Å². The van der Waals surface area contributed by atoms with E-state index in [0.29, 0.717) is 22.5 Å². The zero-order valence-electron chi connectivity index (χ0n) is 18.8. The normalized spacial score (nSPS) is 16.2. The molecule has 0 atom stereocenters. The van der Waals surface area contributed by atoms with Gasteiger partial charge in [-0.2, -0.15) is 0 Å². The van der Waals surface area contributed by atoms with Crippen LogP contribution in [-0.4, -0.2) is 41.6 Å². The van der Waals surface area contributed by atoms with Gasteiger partial charge < -0.3 is 14.8 Å². The first-order chi connectivity index (χ1) is 14.5. The van der Waals surface area contributed by atoms with E-state index < -0.39 is 7.14 Å². The SMILES string of the molecule is Cc1nc(NC(=O)C(C)C)sc1-c1cc2c(c(P(C)(C)=O)c1)C(=O)N(CCC1CC1)C2. The predicted octanol–water partition coefficient (Wildman–Crippen LogP) is 4.72. The van der Waals surface area contributed by atoms with E-state index in [9.17, 15) is 14.2 Å². The molecule has 4 rings (SSSR count). The zero-order chi connectivity index (χ0) is 22.5. The maximum Gasteiger partial charge on any atom is 0.255 e. The second-order valence-corrected chi connectivity index (χ2v) is 13.6. The Kier molecular flexibility index (Phi) is 5.86. The van der Waals surface area contributed by atoms with Crippen LogP contribution in [0, 0.1) is 18.8 Å². The standard InChI is InChI=1S/C23H30N3O3PS/c1-13(2)21(27)25-23-24-14(3)20(31-23)16-10-17-12-26(9-8-15-6-7-15)22(28)19(17)18(11-16)30(4,5)29/h10-11,13,15H,6-9,12H2,1-5H3,(H,24,25,27). The van der Waals surface area contributed by atoms with Crippen LogP contribution in [0.1, 0.15) is 54.7 Å². The van der Waals surface area contributed by atoms with Crippen molar-refractivity contribution in [3.05, 3.63) is 29.0 Å². The zero-order valence-corrected chi connectivity index (χ0v) is 20.5. The molecule has 0 saturated heterocycles. The van der Waals surface area contributed by atoms with Crippen molar-refractivity contribution >= 4 is 40.7 Å². The van der Waals surface area contributed by atoms with E-state index in [0.717, 1.165) is 40.6 Å². The van der Waals surface area contributed by atoms with Crippen LogP contribution in [0.2, 0.25) is 0 Å². The highest BCUT2D eigenvalue weighted by Crippen LogP contribution is 2.43. The first-order valence-corrected chi connectivity index (χ1v) is 14.3. The van der Waals surface area contributed by atoms with E-state index in [-0.39, 0.29) is 17.7 Å². The van der Waals surface area contributed by atoms with Crippen LogP contribution in [0.15, 0.2) is 12.1 Å². The van der Waals surface area contributed by atoms with Crippen molar-refractivity contribution in [1.82, 2.24) is 9.88 Å². The highest BCUT2D eigenvalue weighted by atomic mass is 32.1. The number of hydrogen-bond donors (Lipinski definition) is 1. The molecule has 1 fully saturated rings. The predicted molar refractivity (Wildman–Crippen MR) is 127 cm³/mol. The topological polar surface area (TPSA) is 79.4 Å². The van der Waals surface area contributed by atoms with Gasteiger partial charge in [0.25, 0.3) is 5.91 Å². The average Bonchev–Trinajstić information content (AvgIpc) is 3.36. The summed E-state index contributed by atoms with van der Waals surface area (Å²) in [6.45, 7) is 10.4. The Balaban J connectivity index is 1.70. The summed E-state index contributed by atoms with van der Waals surface area (Å²) in [5.74, 6) is 0.567. The lowest BCUT2D eigenvalue weighted by atomic mass is 10.0. The fourth-order valence-electron chi connectivity index (χ4n) is 3.94. The highest BCUT2D eigenvalue weighted by Gasteiger charge is 2.35. The summed E-state index contributed by atoms with van der Waals surface area (Å²) < 4.78 is 13.2. The van der Waals surface area contributed by atoms with E-state index in [1.165, 1.54) is 24.2 Å². The number of amides is 2. The van der Waals surface area contributed by atoms with Crippen LogP contribution >= 0.6 is 18.5 Å². The lowest BCUT2D eigenvalue weighted by Crippen LogP contribution is -2.27. The van der Waals surface area contributed by atoms with Crippen molar-refractivity contribution in [3.8, 4) is 10.4 Å². The summed E-state index contributed by atoms with van der Waals surface area (Å²) in [6, 6.07) is 3.94. The third-order valence-electron chi connectivity index (χ3n) is 5.96. The molecule has 6 nitrogen and oxygen atoms in total. The van der Waals surface area contributed by atoms with Crippen molar-refractivity contribution in [3.63, 3.8) is 0 Å². The van der Waals surface area contributed by atoms with Crippen molar-refractivity contribution in [1.29, 1.82) is 0 Å². The summed E-state index contributed by atoms with van der Waals surface area (Å²) in [7, 11) is -2.67. The van der Waals surface area contributed by atoms with Gasteiger partial charge in [-0.05, 0) is 55.9 Å². The third-order valence-corrected chi connectivity index (χ3v) is 8.59. The molecule has 1 aromatic carbocycles. The highest BCUT2D eigenvalue weighted by molar-refractivity contribution is 7.70. The van der Waals surface area contributed by atoms with E-state index in [1.807, 2.05) is 37.8 Å². The third kappa shape index (κ3) is 4.63. The Morgan fingerprint density at radius 3 is 2.65 bits per heavy atom. The maximum atomic E-state index is 13.2. The molecular formula is C23H30N3O3PS. The smallest absolute Gasteiger partial charge is 0.255 e. The molecule has 0 spiro atoms. The van der Waals surface area contributed by atoms with Gasteiger partial charge in [-0.1, -0.05) is 38.0 Å². The average molecular weight is 460 g/mol. The molecule has 2 aliphatic rings.